The number of hydrogen-bond acceptors (Lipinski definition) is 7. The maximum Gasteiger partial charge on any atom is 0.305 e. The highest BCUT2D eigenvalue weighted by atomic mass is 35.5. The number of carbonyl (C=O) groups excluding carboxylic acids is 1. The maximum atomic E-state index is 13.7. The predicted octanol–water partition coefficient (Wildman–Crippen LogP) is 4.18. The first-order chi connectivity index (χ1) is 19.7. The van der Waals surface area contributed by atoms with E-state index in [2.05, 4.69) is 36.6 Å². The fourth-order valence-corrected chi connectivity index (χ4v) is 4.37. The van der Waals surface area contributed by atoms with Crippen molar-refractivity contribution in [3.05, 3.63) is 76.4 Å². The Bertz CT molecular complexity index is 1430. The summed E-state index contributed by atoms with van der Waals surface area (Å²) in [7, 11) is 0. The summed E-state index contributed by atoms with van der Waals surface area (Å²) in [6.45, 7) is 1.13. The van der Waals surface area contributed by atoms with Crippen LogP contribution in [0.15, 0.2) is 48.7 Å². The van der Waals surface area contributed by atoms with E-state index < -0.39 is 23.5 Å². The van der Waals surface area contributed by atoms with Gasteiger partial charge in [0.05, 0.1) is 17.1 Å². The molecule has 4 rings (SSSR count). The average molecular weight is 604 g/mol. The maximum absolute atomic E-state index is 13.7. The van der Waals surface area contributed by atoms with Crippen LogP contribution < -0.4 is 26.6 Å². The second-order valence-corrected chi connectivity index (χ2v) is 10.1. The monoisotopic (exact) mass is 603 g/mol. The molecule has 2 aromatic carbocycles. The second kappa shape index (κ2) is 14.0. The molecule has 6 N–H and O–H groups in total. The zero-order chi connectivity index (χ0) is 29.4. The number of carboxylic acid groups (broad SMARTS) is 1. The van der Waals surface area contributed by atoms with Gasteiger partial charge in [-0.2, -0.15) is 4.98 Å². The van der Waals surface area contributed by atoms with Gasteiger partial charge in [-0.15, -0.1) is 0 Å². The van der Waals surface area contributed by atoms with E-state index in [1.807, 2.05) is 6.07 Å². The van der Waals surface area contributed by atoms with Crippen molar-refractivity contribution < 1.29 is 23.5 Å². The van der Waals surface area contributed by atoms with E-state index in [0.717, 1.165) is 12.1 Å². The van der Waals surface area contributed by atoms with Crippen molar-refractivity contribution in [2.75, 3.05) is 30.3 Å². The van der Waals surface area contributed by atoms with Gasteiger partial charge in [0.1, 0.15) is 11.4 Å². The quantitative estimate of drug-likeness (QED) is 0.125. The minimum absolute atomic E-state index is 0.0467. The highest BCUT2D eigenvalue weighted by Crippen LogP contribution is 2.41. The minimum Gasteiger partial charge on any atom is -0.481 e. The molecular formula is C27H28ClF2N7O3S. The molecule has 1 aliphatic rings. The number of hydrogen-bond donors (Lipinski definition) is 6. The van der Waals surface area contributed by atoms with E-state index in [1.54, 1.807) is 18.2 Å². The zero-order valence-electron chi connectivity index (χ0n) is 21.7. The Morgan fingerprint density at radius 1 is 1.07 bits per heavy atom. The summed E-state index contributed by atoms with van der Waals surface area (Å²) in [5, 5.41) is 24.5. The lowest BCUT2D eigenvalue weighted by Gasteiger charge is -2.14. The Balaban J connectivity index is 1.38. The molecule has 1 fully saturated rings. The largest absolute Gasteiger partial charge is 0.481 e. The van der Waals surface area contributed by atoms with Crippen LogP contribution in [0.5, 0.6) is 0 Å². The van der Waals surface area contributed by atoms with Crippen molar-refractivity contribution in [1.29, 1.82) is 0 Å². The number of halogens is 3. The van der Waals surface area contributed by atoms with E-state index in [9.17, 15) is 18.4 Å². The molecule has 41 heavy (non-hydrogen) atoms. The lowest BCUT2D eigenvalue weighted by molar-refractivity contribution is -0.136. The van der Waals surface area contributed by atoms with Crippen LogP contribution in [0.4, 0.5) is 26.2 Å². The Morgan fingerprint density at radius 3 is 2.61 bits per heavy atom. The smallest absolute Gasteiger partial charge is 0.305 e. The van der Waals surface area contributed by atoms with Crippen molar-refractivity contribution in [3.63, 3.8) is 0 Å². The zero-order valence-corrected chi connectivity index (χ0v) is 23.3. The lowest BCUT2D eigenvalue weighted by atomic mass is 10.1. The first-order valence-electron chi connectivity index (χ1n) is 12.8. The number of thiocarbonyl (C=S) groups is 1. The van der Waals surface area contributed by atoms with Crippen LogP contribution in [0.3, 0.4) is 0 Å². The van der Waals surface area contributed by atoms with E-state index in [-0.39, 0.29) is 36.4 Å². The van der Waals surface area contributed by atoms with Gasteiger partial charge in [0.15, 0.2) is 16.7 Å². The van der Waals surface area contributed by atoms with Crippen LogP contribution in [-0.2, 0) is 4.79 Å². The van der Waals surface area contributed by atoms with Crippen LogP contribution in [0.25, 0.3) is 0 Å². The summed E-state index contributed by atoms with van der Waals surface area (Å²) in [5.74, 6) is -2.77. The van der Waals surface area contributed by atoms with Gasteiger partial charge in [-0.1, -0.05) is 29.8 Å². The first-order valence-corrected chi connectivity index (χ1v) is 13.6. The molecule has 1 heterocycles. The van der Waals surface area contributed by atoms with Crippen molar-refractivity contribution in [3.8, 4) is 0 Å². The molecule has 1 aliphatic carbocycles. The standard InChI is InChI=1S/C27H28ClF2N7O3S/c28-18-4-1-2-5-21(18)36-26-34-14-17(24(37-26)31-9-3-10-32-27(41)33-11-8-23(38)39)25(40)35-22-13-16(22)15-6-7-19(29)20(30)12-15/h1-2,4-7,12,14,16,22H,3,8-11,13H2,(H,35,40)(H,38,39)(H2,32,33,41)(H2,31,34,36,37)/t16-,22+/m0/s1. The molecular weight excluding hydrogens is 576 g/mol. The number of amides is 1. The summed E-state index contributed by atoms with van der Waals surface area (Å²) in [4.78, 5) is 32.6. The molecule has 1 amide bonds. The molecule has 2 atom stereocenters. The highest BCUT2D eigenvalue weighted by molar-refractivity contribution is 7.80. The lowest BCUT2D eigenvalue weighted by Crippen LogP contribution is -2.37. The molecule has 0 spiro atoms. The van der Waals surface area contributed by atoms with Crippen molar-refractivity contribution in [1.82, 2.24) is 25.9 Å². The highest BCUT2D eigenvalue weighted by Gasteiger charge is 2.40. The predicted molar refractivity (Wildman–Crippen MR) is 156 cm³/mol. The molecule has 1 aromatic heterocycles. The number of rotatable bonds is 13. The summed E-state index contributed by atoms with van der Waals surface area (Å²) in [6.07, 6.45) is 2.55. The number of aromatic nitrogens is 2. The fourth-order valence-electron chi connectivity index (χ4n) is 3.98. The molecule has 0 unspecified atom stereocenters. The average Bonchev–Trinajstić information content (AvgIpc) is 3.70. The molecule has 216 valence electrons. The van der Waals surface area contributed by atoms with E-state index >= 15 is 0 Å². The van der Waals surface area contributed by atoms with E-state index in [4.69, 9.17) is 28.9 Å². The van der Waals surface area contributed by atoms with Crippen LogP contribution >= 0.6 is 23.8 Å². The second-order valence-electron chi connectivity index (χ2n) is 9.26. The van der Waals surface area contributed by atoms with Gasteiger partial charge in [0.2, 0.25) is 5.95 Å². The number of aliphatic carboxylic acids is 1. The number of nitrogens with one attached hydrogen (secondary N) is 5. The van der Waals surface area contributed by atoms with Crippen LogP contribution in [0, 0.1) is 11.6 Å². The summed E-state index contributed by atoms with van der Waals surface area (Å²) < 4.78 is 27.0. The van der Waals surface area contributed by atoms with E-state index in [1.165, 1.54) is 12.3 Å². The molecule has 0 aliphatic heterocycles. The van der Waals surface area contributed by atoms with Gasteiger partial charge in [0, 0.05) is 37.8 Å². The molecule has 10 nitrogen and oxygen atoms in total. The van der Waals surface area contributed by atoms with Crippen LogP contribution in [0.2, 0.25) is 5.02 Å². The van der Waals surface area contributed by atoms with Crippen molar-refractivity contribution in [2.24, 2.45) is 0 Å². The van der Waals surface area contributed by atoms with E-state index in [0.29, 0.717) is 53.1 Å². The third kappa shape index (κ3) is 8.69. The molecule has 0 bridgehead atoms. The van der Waals surface area contributed by atoms with Gasteiger partial charge in [-0.05, 0) is 54.9 Å². The van der Waals surface area contributed by atoms with Crippen molar-refractivity contribution in [2.45, 2.75) is 31.2 Å². The first kappa shape index (κ1) is 29.9. The Labute approximate surface area is 245 Å². The number of para-hydroxylation sites is 1. The number of carbonyl (C=O) groups is 2. The van der Waals surface area contributed by atoms with Gasteiger partial charge in [-0.3, -0.25) is 9.59 Å². The molecule has 14 heteroatoms. The summed E-state index contributed by atoms with van der Waals surface area (Å²) in [6, 6.07) is 10.6. The third-order valence-electron chi connectivity index (χ3n) is 6.19. The van der Waals surface area contributed by atoms with Crippen LogP contribution in [0.1, 0.15) is 41.1 Å². The Kier molecular flexibility index (Phi) is 10.2. The topological polar surface area (TPSA) is 140 Å². The summed E-state index contributed by atoms with van der Waals surface area (Å²) in [5.41, 5.74) is 1.42. The Hall–Kier alpha value is -4.10. The number of nitrogens with zero attached hydrogens (tertiary/aromatic N) is 2. The fraction of sp³-hybridized carbons (Fsp3) is 0.296. The number of carboxylic acids is 1. The molecule has 0 radical (unpaired) electrons. The van der Waals surface area contributed by atoms with Gasteiger partial charge >= 0.3 is 5.97 Å². The van der Waals surface area contributed by atoms with Gasteiger partial charge in [-0.25, -0.2) is 13.8 Å². The van der Waals surface area contributed by atoms with Crippen molar-refractivity contribution >= 4 is 58.3 Å². The molecule has 3 aromatic rings. The van der Waals surface area contributed by atoms with Gasteiger partial charge < -0.3 is 31.7 Å². The minimum atomic E-state index is -0.924. The normalized spacial score (nSPS) is 15.5. The summed E-state index contributed by atoms with van der Waals surface area (Å²) >= 11 is 11.4. The molecule has 0 saturated heterocycles. The number of anilines is 3. The Morgan fingerprint density at radius 2 is 1.85 bits per heavy atom. The molecule has 1 saturated carbocycles. The third-order valence-corrected chi connectivity index (χ3v) is 6.81. The number of benzene rings is 2. The van der Waals surface area contributed by atoms with Gasteiger partial charge in [0.25, 0.3) is 5.91 Å². The van der Waals surface area contributed by atoms with Crippen LogP contribution in [-0.4, -0.2) is 57.7 Å². The SMILES string of the molecule is O=C(O)CCNC(=S)NCCCNc1nc(Nc2ccccc2Cl)ncc1C(=O)N[C@@H]1C[C@H]1c1ccc(F)c(F)c1.